The zero-order valence-corrected chi connectivity index (χ0v) is 17.3. The van der Waals surface area contributed by atoms with Crippen LogP contribution in [0.1, 0.15) is 0 Å². The molecule has 0 unspecified atom stereocenters. The van der Waals surface area contributed by atoms with E-state index in [2.05, 4.69) is 26.1 Å². The second kappa shape index (κ2) is 9.46. The maximum atomic E-state index is 12.4. The fourth-order valence-corrected chi connectivity index (χ4v) is 2.72. The first-order chi connectivity index (χ1) is 14.5. The third kappa shape index (κ3) is 5.07. The maximum Gasteiger partial charge on any atom is 0.323 e. The van der Waals surface area contributed by atoms with Gasteiger partial charge in [-0.3, -0.25) is 0 Å². The summed E-state index contributed by atoms with van der Waals surface area (Å²) in [4.78, 5) is 14.3. The molecule has 0 saturated heterocycles. The smallest absolute Gasteiger partial charge is 0.323 e. The highest BCUT2D eigenvalue weighted by Gasteiger charge is 2.12. The van der Waals surface area contributed by atoms with Crippen LogP contribution in [0.25, 0.3) is 0 Å². The average Bonchev–Trinajstić information content (AvgIpc) is 2.75. The Hall–Kier alpha value is -4.01. The Morgan fingerprint density at radius 2 is 1.70 bits per heavy atom. The molecular formula is C21H24N6O3. The van der Waals surface area contributed by atoms with Crippen molar-refractivity contribution >= 4 is 34.6 Å². The average molecular weight is 408 g/mol. The molecule has 9 heteroatoms. The first-order valence-electron chi connectivity index (χ1n) is 9.16. The number of amides is 2. The van der Waals surface area contributed by atoms with Crippen molar-refractivity contribution < 1.29 is 14.3 Å². The molecule has 156 valence electrons. The molecule has 0 aliphatic carbocycles. The molecule has 30 heavy (non-hydrogen) atoms. The molecular weight excluding hydrogens is 384 g/mol. The van der Waals surface area contributed by atoms with Crippen LogP contribution in [0.3, 0.4) is 0 Å². The number of hydrogen-bond acceptors (Lipinski definition) is 7. The zero-order valence-electron chi connectivity index (χ0n) is 17.3. The highest BCUT2D eigenvalue weighted by molar-refractivity contribution is 6.01. The van der Waals surface area contributed by atoms with Crippen LogP contribution >= 0.6 is 0 Å². The lowest BCUT2D eigenvalue weighted by Gasteiger charge is -2.14. The summed E-state index contributed by atoms with van der Waals surface area (Å²) in [7, 11) is 6.94. The molecule has 0 spiro atoms. The molecule has 1 aromatic heterocycles. The van der Waals surface area contributed by atoms with Crippen LogP contribution in [-0.2, 0) is 0 Å². The lowest BCUT2D eigenvalue weighted by molar-refractivity contribution is 0.262. The lowest BCUT2D eigenvalue weighted by atomic mass is 10.2. The second-order valence-electron chi connectivity index (χ2n) is 6.52. The van der Waals surface area contributed by atoms with Crippen LogP contribution in [0.4, 0.5) is 33.4 Å². The van der Waals surface area contributed by atoms with Gasteiger partial charge in [-0.15, -0.1) is 5.10 Å². The molecule has 2 amide bonds. The summed E-state index contributed by atoms with van der Waals surface area (Å²) >= 11 is 0. The van der Waals surface area contributed by atoms with Crippen molar-refractivity contribution in [2.75, 3.05) is 49.2 Å². The second-order valence-corrected chi connectivity index (χ2v) is 6.52. The number of ether oxygens (including phenoxy) is 2. The summed E-state index contributed by atoms with van der Waals surface area (Å²) < 4.78 is 10.6. The van der Waals surface area contributed by atoms with Crippen LogP contribution in [0.2, 0.25) is 0 Å². The number of carbonyl (C=O) groups excluding carboxylic acids is 1. The van der Waals surface area contributed by atoms with E-state index in [1.165, 1.54) is 7.11 Å². The minimum Gasteiger partial charge on any atom is -0.493 e. The predicted molar refractivity (Wildman–Crippen MR) is 118 cm³/mol. The number of para-hydroxylation sites is 1. The van der Waals surface area contributed by atoms with E-state index in [1.54, 1.807) is 43.6 Å². The van der Waals surface area contributed by atoms with E-state index in [0.717, 1.165) is 11.4 Å². The number of aromatic nitrogens is 2. The maximum absolute atomic E-state index is 12.4. The first kappa shape index (κ1) is 20.7. The minimum absolute atomic E-state index is 0.396. The summed E-state index contributed by atoms with van der Waals surface area (Å²) in [6, 6.07) is 14.0. The molecule has 0 aliphatic rings. The fraction of sp³-hybridized carbons (Fsp3) is 0.190. The van der Waals surface area contributed by atoms with Crippen molar-refractivity contribution in [2.45, 2.75) is 0 Å². The quantitative estimate of drug-likeness (QED) is 0.544. The topological polar surface area (TPSA) is 101 Å². The lowest BCUT2D eigenvalue weighted by Crippen LogP contribution is -2.19. The molecule has 3 rings (SSSR count). The Bertz CT molecular complexity index is 1010. The normalized spacial score (nSPS) is 10.1. The summed E-state index contributed by atoms with van der Waals surface area (Å²) in [5, 5.41) is 16.8. The molecule has 0 bridgehead atoms. The molecule has 1 heterocycles. The van der Waals surface area contributed by atoms with Gasteiger partial charge in [-0.2, -0.15) is 5.10 Å². The van der Waals surface area contributed by atoms with Gasteiger partial charge in [0.2, 0.25) is 0 Å². The largest absolute Gasteiger partial charge is 0.493 e. The van der Waals surface area contributed by atoms with Gasteiger partial charge in [-0.1, -0.05) is 6.07 Å². The number of carbonyl (C=O) groups is 1. The van der Waals surface area contributed by atoms with E-state index in [4.69, 9.17) is 9.47 Å². The highest BCUT2D eigenvalue weighted by Crippen LogP contribution is 2.34. The molecule has 0 fully saturated rings. The van der Waals surface area contributed by atoms with Crippen LogP contribution in [0.15, 0.2) is 54.7 Å². The predicted octanol–water partition coefficient (Wildman–Crippen LogP) is 3.95. The Labute approximate surface area is 175 Å². The number of benzene rings is 2. The van der Waals surface area contributed by atoms with Crippen molar-refractivity contribution in [2.24, 2.45) is 0 Å². The first-order valence-corrected chi connectivity index (χ1v) is 9.16. The molecule has 2 aromatic carbocycles. The number of hydrogen-bond donors (Lipinski definition) is 3. The van der Waals surface area contributed by atoms with Gasteiger partial charge in [-0.05, 0) is 36.4 Å². The fourth-order valence-electron chi connectivity index (χ4n) is 2.72. The van der Waals surface area contributed by atoms with Crippen molar-refractivity contribution in [1.29, 1.82) is 0 Å². The van der Waals surface area contributed by atoms with Gasteiger partial charge in [0, 0.05) is 31.5 Å². The van der Waals surface area contributed by atoms with Gasteiger partial charge in [0.05, 0.1) is 31.8 Å². The summed E-state index contributed by atoms with van der Waals surface area (Å²) in [5.41, 5.74) is 2.90. The van der Waals surface area contributed by atoms with E-state index in [9.17, 15) is 4.79 Å². The minimum atomic E-state index is -0.396. The van der Waals surface area contributed by atoms with Gasteiger partial charge < -0.3 is 30.3 Å². The SMILES string of the molecule is COc1cccc(NC(=O)Nc2ccc(Nc3cc(N(C)C)cnn3)cc2)c1OC. The van der Waals surface area contributed by atoms with Crippen LogP contribution in [0, 0.1) is 0 Å². The van der Waals surface area contributed by atoms with Crippen molar-refractivity contribution in [1.82, 2.24) is 10.2 Å². The number of nitrogens with zero attached hydrogens (tertiary/aromatic N) is 3. The van der Waals surface area contributed by atoms with E-state index in [0.29, 0.717) is 28.7 Å². The third-order valence-electron chi connectivity index (χ3n) is 4.22. The summed E-state index contributed by atoms with van der Waals surface area (Å²) in [6.07, 6.45) is 1.69. The van der Waals surface area contributed by atoms with E-state index < -0.39 is 6.03 Å². The molecule has 9 nitrogen and oxygen atoms in total. The van der Waals surface area contributed by atoms with Gasteiger partial charge in [0.1, 0.15) is 0 Å². The molecule has 3 aromatic rings. The van der Waals surface area contributed by atoms with Crippen molar-refractivity contribution in [3.05, 3.63) is 54.7 Å². The Morgan fingerprint density at radius 3 is 2.37 bits per heavy atom. The number of methoxy groups -OCH3 is 2. The Balaban J connectivity index is 1.63. The molecule has 3 N–H and O–H groups in total. The van der Waals surface area contributed by atoms with Crippen LogP contribution < -0.4 is 30.3 Å². The molecule has 0 atom stereocenters. The van der Waals surface area contributed by atoms with E-state index in [1.807, 2.05) is 37.2 Å². The van der Waals surface area contributed by atoms with Gasteiger partial charge in [0.25, 0.3) is 0 Å². The summed E-state index contributed by atoms with van der Waals surface area (Å²) in [5.74, 6) is 1.62. The van der Waals surface area contributed by atoms with Gasteiger partial charge >= 0.3 is 6.03 Å². The van der Waals surface area contributed by atoms with E-state index in [-0.39, 0.29) is 0 Å². The molecule has 0 radical (unpaired) electrons. The van der Waals surface area contributed by atoms with Crippen molar-refractivity contribution in [3.63, 3.8) is 0 Å². The number of urea groups is 1. The Kier molecular flexibility index (Phi) is 6.53. The zero-order chi connectivity index (χ0) is 21.5. The van der Waals surface area contributed by atoms with E-state index >= 15 is 0 Å². The van der Waals surface area contributed by atoms with Gasteiger partial charge in [0.15, 0.2) is 17.3 Å². The molecule has 0 aliphatic heterocycles. The Morgan fingerprint density at radius 1 is 0.967 bits per heavy atom. The van der Waals surface area contributed by atoms with Gasteiger partial charge in [-0.25, -0.2) is 4.79 Å². The van der Waals surface area contributed by atoms with Crippen LogP contribution in [-0.4, -0.2) is 44.5 Å². The standard InChI is InChI=1S/C21H24N6O3/c1-27(2)16-12-19(26-22-13-16)23-14-8-10-15(11-9-14)24-21(28)25-17-6-5-7-18(29-3)20(17)30-4/h5-13H,1-4H3,(H,23,26)(H2,24,25,28). The highest BCUT2D eigenvalue weighted by atomic mass is 16.5. The summed E-state index contributed by atoms with van der Waals surface area (Å²) in [6.45, 7) is 0. The number of anilines is 5. The number of rotatable bonds is 7. The third-order valence-corrected chi connectivity index (χ3v) is 4.22. The van der Waals surface area contributed by atoms with Crippen molar-refractivity contribution in [3.8, 4) is 11.5 Å². The monoisotopic (exact) mass is 408 g/mol. The van der Waals surface area contributed by atoms with Crippen LogP contribution in [0.5, 0.6) is 11.5 Å². The molecule has 0 saturated carbocycles. The number of nitrogens with one attached hydrogen (secondary N) is 3.